The fraction of sp³-hybridized carbons (Fsp3) is 0.136. The van der Waals surface area contributed by atoms with Crippen molar-refractivity contribution in [1.82, 2.24) is 24.6 Å². The van der Waals surface area contributed by atoms with Crippen molar-refractivity contribution in [3.05, 3.63) is 70.0 Å². The highest BCUT2D eigenvalue weighted by atomic mass is 32.2. The summed E-state index contributed by atoms with van der Waals surface area (Å²) in [6, 6.07) is 6.15. The maximum absolute atomic E-state index is 15.0. The van der Waals surface area contributed by atoms with Crippen LogP contribution in [0.5, 0.6) is 0 Å². The van der Waals surface area contributed by atoms with Crippen LogP contribution in [0.2, 0.25) is 0 Å². The molecule has 9 nitrogen and oxygen atoms in total. The van der Waals surface area contributed by atoms with Crippen LogP contribution < -0.4 is 11.0 Å². The van der Waals surface area contributed by atoms with E-state index in [2.05, 4.69) is 15.4 Å². The lowest BCUT2D eigenvalue weighted by molar-refractivity contribution is -0.115. The minimum atomic E-state index is -0.603. The van der Waals surface area contributed by atoms with Crippen molar-refractivity contribution in [3.63, 3.8) is 0 Å². The molecule has 33 heavy (non-hydrogen) atoms. The lowest BCUT2D eigenvalue weighted by Crippen LogP contribution is -2.24. The van der Waals surface area contributed by atoms with Crippen molar-refractivity contribution in [1.29, 1.82) is 0 Å². The maximum Gasteiger partial charge on any atom is 0.350 e. The van der Waals surface area contributed by atoms with Gasteiger partial charge in [0.05, 0.1) is 10.6 Å². The SMILES string of the molecule is CCCn1ncn(-c2ccc(-c3cncc4cc(/C=C5/SC(=O)NC5=O)oc34)cc2F)c1=O. The highest BCUT2D eigenvalue weighted by Crippen LogP contribution is 2.33. The van der Waals surface area contributed by atoms with E-state index in [1.54, 1.807) is 24.5 Å². The molecule has 3 aromatic heterocycles. The Morgan fingerprint density at radius 1 is 1.21 bits per heavy atom. The molecule has 4 heterocycles. The molecule has 0 spiro atoms. The molecule has 5 rings (SSSR count). The Kier molecular flexibility index (Phi) is 5.17. The van der Waals surface area contributed by atoms with Gasteiger partial charge in [0.1, 0.15) is 23.5 Å². The van der Waals surface area contributed by atoms with E-state index in [9.17, 15) is 14.4 Å². The zero-order valence-electron chi connectivity index (χ0n) is 17.2. The second-order valence-electron chi connectivity index (χ2n) is 7.28. The molecule has 2 amide bonds. The minimum absolute atomic E-state index is 0.0880. The van der Waals surface area contributed by atoms with Crippen LogP contribution in [-0.2, 0) is 11.3 Å². The number of halogens is 1. The minimum Gasteiger partial charge on any atom is -0.456 e. The predicted octanol–water partition coefficient (Wildman–Crippen LogP) is 3.72. The highest BCUT2D eigenvalue weighted by Gasteiger charge is 2.25. The number of nitrogens with one attached hydrogen (secondary N) is 1. The monoisotopic (exact) mass is 465 g/mol. The van der Waals surface area contributed by atoms with Crippen LogP contribution in [0.1, 0.15) is 19.1 Å². The van der Waals surface area contributed by atoms with Gasteiger partial charge in [-0.15, -0.1) is 0 Å². The number of fused-ring (bicyclic) bond motifs is 1. The van der Waals surface area contributed by atoms with Gasteiger partial charge in [0.2, 0.25) is 0 Å². The molecule has 1 fully saturated rings. The van der Waals surface area contributed by atoms with E-state index < -0.39 is 22.7 Å². The third-order valence-electron chi connectivity index (χ3n) is 5.04. The standard InChI is InChI=1S/C22H16FN5O4S/c1-2-5-28-22(31)27(11-25-28)17-4-3-12(7-16(17)23)15-10-24-9-13-6-14(32-19(13)15)8-18-20(29)26-21(30)33-18/h3-4,6-11H,2,5H2,1H3,(H,26,29,30)/b18-8+. The Labute approximate surface area is 189 Å². The molecule has 1 N–H and O–H groups in total. The molecular formula is C22H16FN5O4S. The number of benzene rings is 1. The molecule has 1 aromatic carbocycles. The van der Waals surface area contributed by atoms with Crippen LogP contribution in [0.25, 0.3) is 33.9 Å². The number of thioether (sulfide) groups is 1. The van der Waals surface area contributed by atoms with Gasteiger partial charge in [-0.25, -0.2) is 18.4 Å². The van der Waals surface area contributed by atoms with E-state index in [4.69, 9.17) is 4.42 Å². The zero-order chi connectivity index (χ0) is 23.1. The van der Waals surface area contributed by atoms with Crippen LogP contribution in [0.4, 0.5) is 9.18 Å². The Hall–Kier alpha value is -3.99. The number of rotatable bonds is 5. The highest BCUT2D eigenvalue weighted by molar-refractivity contribution is 8.18. The van der Waals surface area contributed by atoms with Gasteiger partial charge in [-0.2, -0.15) is 5.10 Å². The van der Waals surface area contributed by atoms with Crippen LogP contribution in [0.15, 0.2) is 57.1 Å². The van der Waals surface area contributed by atoms with Gasteiger partial charge in [0.25, 0.3) is 11.1 Å². The zero-order valence-corrected chi connectivity index (χ0v) is 18.1. The van der Waals surface area contributed by atoms with Gasteiger partial charge in [0, 0.05) is 36.0 Å². The molecule has 0 atom stereocenters. The van der Waals surface area contributed by atoms with E-state index in [0.29, 0.717) is 34.4 Å². The first kappa shape index (κ1) is 20.9. The van der Waals surface area contributed by atoms with Crippen LogP contribution in [0, 0.1) is 5.82 Å². The van der Waals surface area contributed by atoms with Crippen LogP contribution >= 0.6 is 11.8 Å². The second kappa shape index (κ2) is 8.17. The Morgan fingerprint density at radius 2 is 2.06 bits per heavy atom. The molecule has 0 radical (unpaired) electrons. The Morgan fingerprint density at radius 3 is 2.79 bits per heavy atom. The first-order valence-corrected chi connectivity index (χ1v) is 10.8. The van der Waals surface area contributed by atoms with Crippen molar-refractivity contribution < 1.29 is 18.4 Å². The molecule has 166 valence electrons. The molecular weight excluding hydrogens is 449 g/mol. The molecule has 1 aliphatic heterocycles. The lowest BCUT2D eigenvalue weighted by Gasteiger charge is -2.07. The van der Waals surface area contributed by atoms with E-state index >= 15 is 4.39 Å². The van der Waals surface area contributed by atoms with Crippen molar-refractivity contribution >= 4 is 40.0 Å². The predicted molar refractivity (Wildman–Crippen MR) is 120 cm³/mol. The van der Waals surface area contributed by atoms with E-state index in [-0.39, 0.29) is 10.6 Å². The molecule has 0 unspecified atom stereocenters. The molecule has 4 aromatic rings. The first-order chi connectivity index (χ1) is 15.9. The third kappa shape index (κ3) is 3.76. The number of carbonyl (C=O) groups excluding carboxylic acids is 2. The number of pyridine rings is 1. The molecule has 0 saturated carbocycles. The average Bonchev–Trinajstić information content (AvgIpc) is 3.45. The summed E-state index contributed by atoms with van der Waals surface area (Å²) in [5.41, 5.74) is 1.16. The number of imide groups is 1. The molecule has 0 aliphatic carbocycles. The summed E-state index contributed by atoms with van der Waals surface area (Å²) in [7, 11) is 0. The largest absolute Gasteiger partial charge is 0.456 e. The van der Waals surface area contributed by atoms with Gasteiger partial charge < -0.3 is 4.42 Å². The summed E-state index contributed by atoms with van der Waals surface area (Å²) in [6.07, 6.45) is 6.63. The Bertz CT molecular complexity index is 1520. The van der Waals surface area contributed by atoms with Crippen LogP contribution in [-0.4, -0.2) is 30.5 Å². The topological polar surface area (TPSA) is 112 Å². The summed E-state index contributed by atoms with van der Waals surface area (Å²) in [6.45, 7) is 2.37. The van der Waals surface area contributed by atoms with Gasteiger partial charge in [-0.1, -0.05) is 13.0 Å². The van der Waals surface area contributed by atoms with E-state index in [0.717, 1.165) is 22.7 Å². The number of furan rings is 1. The molecule has 1 aliphatic rings. The first-order valence-electron chi connectivity index (χ1n) is 10.0. The Balaban J connectivity index is 1.53. The van der Waals surface area contributed by atoms with Crippen LogP contribution in [0.3, 0.4) is 0 Å². The van der Waals surface area contributed by atoms with Crippen molar-refractivity contribution in [2.24, 2.45) is 0 Å². The molecule has 1 saturated heterocycles. The normalized spacial score (nSPS) is 15.0. The number of aryl methyl sites for hydroxylation is 1. The summed E-state index contributed by atoms with van der Waals surface area (Å²) in [5.74, 6) is -0.730. The van der Waals surface area contributed by atoms with Crippen molar-refractivity contribution in [2.75, 3.05) is 0 Å². The third-order valence-corrected chi connectivity index (χ3v) is 5.85. The summed E-state index contributed by atoms with van der Waals surface area (Å²) < 4.78 is 23.4. The van der Waals surface area contributed by atoms with E-state index in [1.165, 1.54) is 29.2 Å². The van der Waals surface area contributed by atoms with Gasteiger partial charge >= 0.3 is 5.69 Å². The summed E-state index contributed by atoms with van der Waals surface area (Å²) in [5, 5.41) is 6.41. The number of nitrogens with zero attached hydrogens (tertiary/aromatic N) is 4. The maximum atomic E-state index is 15.0. The summed E-state index contributed by atoms with van der Waals surface area (Å²) in [4.78, 5) is 40.0. The van der Waals surface area contributed by atoms with Gasteiger partial charge in [-0.05, 0) is 41.9 Å². The number of hydrogen-bond acceptors (Lipinski definition) is 7. The van der Waals surface area contributed by atoms with Gasteiger partial charge in [0.15, 0.2) is 0 Å². The number of amides is 2. The summed E-state index contributed by atoms with van der Waals surface area (Å²) >= 11 is 0.788. The quantitative estimate of drug-likeness (QED) is 0.447. The number of carbonyl (C=O) groups is 2. The fourth-order valence-corrected chi connectivity index (χ4v) is 4.21. The van der Waals surface area contributed by atoms with Crippen molar-refractivity contribution in [3.8, 4) is 16.8 Å². The van der Waals surface area contributed by atoms with E-state index in [1.807, 2.05) is 6.92 Å². The molecule has 11 heteroatoms. The van der Waals surface area contributed by atoms with Gasteiger partial charge in [-0.3, -0.25) is 19.9 Å². The number of hydrogen-bond donors (Lipinski definition) is 1. The smallest absolute Gasteiger partial charge is 0.350 e. The number of aromatic nitrogens is 4. The lowest BCUT2D eigenvalue weighted by atomic mass is 10.1. The second-order valence-corrected chi connectivity index (χ2v) is 8.29. The van der Waals surface area contributed by atoms with Crippen molar-refractivity contribution in [2.45, 2.75) is 19.9 Å². The molecule has 0 bridgehead atoms. The fourth-order valence-electron chi connectivity index (χ4n) is 3.55. The average molecular weight is 465 g/mol.